The number of carbonyl (C=O) groups is 3. The average Bonchev–Trinajstić information content (AvgIpc) is 3.44. The monoisotopic (exact) mass is 523 g/mol. The zero-order valence-electron chi connectivity index (χ0n) is 19.0. The number of rotatable bonds is 7. The second kappa shape index (κ2) is 9.48. The Hall–Kier alpha value is -3.56. The van der Waals surface area contributed by atoms with Gasteiger partial charge in [-0.15, -0.1) is 11.3 Å². The van der Waals surface area contributed by atoms with Crippen LogP contribution >= 0.6 is 22.9 Å². The zero-order valence-corrected chi connectivity index (χ0v) is 20.5. The summed E-state index contributed by atoms with van der Waals surface area (Å²) in [6.07, 6.45) is 1.36. The van der Waals surface area contributed by atoms with E-state index in [9.17, 15) is 24.5 Å². The summed E-state index contributed by atoms with van der Waals surface area (Å²) < 4.78 is 0. The van der Waals surface area contributed by atoms with Crippen LogP contribution in [0.25, 0.3) is 0 Å². The van der Waals surface area contributed by atoms with E-state index in [1.54, 1.807) is 47.8 Å². The van der Waals surface area contributed by atoms with E-state index < -0.39 is 34.7 Å². The summed E-state index contributed by atoms with van der Waals surface area (Å²) >= 11 is 7.37. The number of thiophene rings is 1. The van der Waals surface area contributed by atoms with Crippen molar-refractivity contribution < 1.29 is 19.3 Å². The first kappa shape index (κ1) is 24.1. The molecule has 1 saturated carbocycles. The molecule has 2 aromatic carbocycles. The number of hydrogen-bond donors (Lipinski definition) is 1. The molecule has 8 nitrogen and oxygen atoms in total. The first-order chi connectivity index (χ1) is 17.3. The Labute approximate surface area is 215 Å². The van der Waals surface area contributed by atoms with Crippen molar-refractivity contribution in [3.05, 3.63) is 97.2 Å². The second-order valence-electron chi connectivity index (χ2n) is 9.11. The van der Waals surface area contributed by atoms with Gasteiger partial charge < -0.3 is 10.6 Å². The average molecular weight is 524 g/mol. The summed E-state index contributed by atoms with van der Waals surface area (Å²) in [6.45, 7) is 0. The number of primary amides is 1. The van der Waals surface area contributed by atoms with Crippen molar-refractivity contribution in [2.45, 2.75) is 30.8 Å². The van der Waals surface area contributed by atoms with Gasteiger partial charge in [-0.05, 0) is 47.5 Å². The smallest absolute Gasteiger partial charge is 0.269 e. The van der Waals surface area contributed by atoms with Gasteiger partial charge >= 0.3 is 0 Å². The highest BCUT2D eigenvalue weighted by Gasteiger charge is 2.58. The van der Waals surface area contributed by atoms with Crippen LogP contribution in [-0.4, -0.2) is 33.5 Å². The lowest BCUT2D eigenvalue weighted by Gasteiger charge is -2.31. The van der Waals surface area contributed by atoms with Gasteiger partial charge in [0.15, 0.2) is 5.78 Å². The molecule has 0 radical (unpaired) electrons. The van der Waals surface area contributed by atoms with Gasteiger partial charge in [-0.1, -0.05) is 41.9 Å². The van der Waals surface area contributed by atoms with Crippen LogP contribution in [0.5, 0.6) is 0 Å². The molecule has 1 aliphatic carbocycles. The highest BCUT2D eigenvalue weighted by atomic mass is 35.5. The van der Waals surface area contributed by atoms with E-state index in [4.69, 9.17) is 17.3 Å². The predicted octanol–water partition coefficient (Wildman–Crippen LogP) is 4.74. The Kier molecular flexibility index (Phi) is 6.36. The van der Waals surface area contributed by atoms with Gasteiger partial charge in [0.1, 0.15) is 6.04 Å². The highest BCUT2D eigenvalue weighted by Crippen LogP contribution is 2.53. The molecule has 1 aromatic heterocycles. The lowest BCUT2D eigenvalue weighted by atomic mass is 9.77. The number of halogens is 1. The van der Waals surface area contributed by atoms with Crippen LogP contribution in [0, 0.1) is 22.0 Å². The van der Waals surface area contributed by atoms with Crippen molar-refractivity contribution in [3.63, 3.8) is 0 Å². The number of benzene rings is 2. The molecule has 4 unspecified atom stereocenters. The lowest BCUT2D eigenvalue weighted by molar-refractivity contribution is -0.385. The summed E-state index contributed by atoms with van der Waals surface area (Å²) in [5.74, 6) is -3.18. The standard InChI is InChI=1S/C26H22ClN3O5S/c27-17-10-8-14(9-11-17)20-21(24(31)19-5-2-12-36-19)22(16-3-1-4-18(13-16)30(34)35)29(23(20)25(28)32)26(33)15-6-7-15/h1-5,8-13,15,20-23H,6-7H2,(H2,28,32). The number of nitrogens with two attached hydrogens (primary N) is 1. The Balaban J connectivity index is 1.75. The number of nitrogens with zero attached hydrogens (tertiary/aromatic N) is 2. The second-order valence-corrected chi connectivity index (χ2v) is 10.5. The van der Waals surface area contributed by atoms with Gasteiger partial charge in [0.2, 0.25) is 11.8 Å². The van der Waals surface area contributed by atoms with Gasteiger partial charge in [-0.25, -0.2) is 0 Å². The molecule has 0 spiro atoms. The molecule has 1 saturated heterocycles. The van der Waals surface area contributed by atoms with Gasteiger partial charge in [0.05, 0.1) is 21.8 Å². The Morgan fingerprint density at radius 2 is 1.75 bits per heavy atom. The third kappa shape index (κ3) is 4.29. The molecular formula is C26H22ClN3O5S. The number of ketones is 1. The summed E-state index contributed by atoms with van der Waals surface area (Å²) in [5.41, 5.74) is 6.81. The summed E-state index contributed by atoms with van der Waals surface area (Å²) in [5, 5.41) is 13.8. The summed E-state index contributed by atoms with van der Waals surface area (Å²) in [7, 11) is 0. The summed E-state index contributed by atoms with van der Waals surface area (Å²) in [4.78, 5) is 53.6. The number of non-ortho nitro benzene ring substituents is 1. The molecule has 5 rings (SSSR count). The Bertz CT molecular complexity index is 1340. The van der Waals surface area contributed by atoms with E-state index in [1.165, 1.54) is 34.4 Å². The lowest BCUT2D eigenvalue weighted by Crippen LogP contribution is -2.47. The minimum atomic E-state index is -1.11. The Morgan fingerprint density at radius 1 is 1.03 bits per heavy atom. The van der Waals surface area contributed by atoms with Crippen molar-refractivity contribution in [3.8, 4) is 0 Å². The number of nitro groups is 1. The normalized spacial score (nSPS) is 23.4. The van der Waals surface area contributed by atoms with Gasteiger partial charge in [0, 0.05) is 29.0 Å². The predicted molar refractivity (Wildman–Crippen MR) is 135 cm³/mol. The maximum Gasteiger partial charge on any atom is 0.269 e. The van der Waals surface area contributed by atoms with E-state index >= 15 is 0 Å². The maximum absolute atomic E-state index is 14.0. The molecule has 1 aliphatic heterocycles. The van der Waals surface area contributed by atoms with Crippen LogP contribution in [0.15, 0.2) is 66.0 Å². The van der Waals surface area contributed by atoms with Gasteiger partial charge in [-0.2, -0.15) is 0 Å². The van der Waals surface area contributed by atoms with E-state index in [1.807, 2.05) is 0 Å². The maximum atomic E-state index is 14.0. The Morgan fingerprint density at radius 3 is 2.33 bits per heavy atom. The molecule has 10 heteroatoms. The van der Waals surface area contributed by atoms with Crippen molar-refractivity contribution in [2.75, 3.05) is 0 Å². The topological polar surface area (TPSA) is 124 Å². The first-order valence-corrected chi connectivity index (χ1v) is 12.7. The van der Waals surface area contributed by atoms with Gasteiger partial charge in [-0.3, -0.25) is 24.5 Å². The molecule has 2 fully saturated rings. The van der Waals surface area contributed by atoms with Gasteiger partial charge in [0.25, 0.3) is 5.69 Å². The van der Waals surface area contributed by atoms with Crippen LogP contribution in [0.4, 0.5) is 5.69 Å². The van der Waals surface area contributed by atoms with Crippen molar-refractivity contribution in [2.24, 2.45) is 17.6 Å². The van der Waals surface area contributed by atoms with Crippen LogP contribution in [0.1, 0.15) is 45.6 Å². The molecule has 3 aromatic rings. The van der Waals surface area contributed by atoms with E-state index in [0.29, 0.717) is 33.9 Å². The minimum Gasteiger partial charge on any atom is -0.368 e. The fourth-order valence-corrected chi connectivity index (χ4v) is 6.03. The number of hydrogen-bond acceptors (Lipinski definition) is 6. The molecule has 0 bridgehead atoms. The number of Topliss-reactive ketones (excluding diaryl/α,β-unsaturated/α-hetero) is 1. The molecular weight excluding hydrogens is 502 g/mol. The minimum absolute atomic E-state index is 0.167. The molecule has 184 valence electrons. The van der Waals surface area contributed by atoms with E-state index in [-0.39, 0.29) is 23.3 Å². The van der Waals surface area contributed by atoms with Crippen LogP contribution in [-0.2, 0) is 9.59 Å². The molecule has 2 heterocycles. The number of nitro benzene ring substituents is 1. The number of likely N-dealkylation sites (tertiary alicyclic amines) is 1. The van der Waals surface area contributed by atoms with Crippen LogP contribution < -0.4 is 5.73 Å². The SMILES string of the molecule is NC(=O)C1C(c2ccc(Cl)cc2)C(C(=O)c2cccs2)C(c2cccc([N+](=O)[O-])c2)N1C(=O)C1CC1. The molecule has 2 aliphatic rings. The van der Waals surface area contributed by atoms with Crippen LogP contribution in [0.2, 0.25) is 5.02 Å². The largest absolute Gasteiger partial charge is 0.368 e. The fourth-order valence-electron chi connectivity index (χ4n) is 5.20. The zero-order chi connectivity index (χ0) is 25.6. The van der Waals surface area contributed by atoms with Crippen molar-refractivity contribution in [1.29, 1.82) is 0 Å². The van der Waals surface area contributed by atoms with E-state index in [0.717, 1.165) is 0 Å². The van der Waals surface area contributed by atoms with E-state index in [2.05, 4.69) is 0 Å². The third-order valence-electron chi connectivity index (χ3n) is 6.88. The molecule has 4 atom stereocenters. The van der Waals surface area contributed by atoms with Crippen LogP contribution in [0.3, 0.4) is 0 Å². The number of carbonyl (C=O) groups excluding carboxylic acids is 3. The molecule has 2 amide bonds. The quantitative estimate of drug-likeness (QED) is 0.272. The number of amides is 2. The summed E-state index contributed by atoms with van der Waals surface area (Å²) in [6, 6.07) is 14.1. The first-order valence-electron chi connectivity index (χ1n) is 11.5. The molecule has 36 heavy (non-hydrogen) atoms. The van der Waals surface area contributed by atoms with Crippen molar-refractivity contribution in [1.82, 2.24) is 4.90 Å². The molecule has 2 N–H and O–H groups in total. The third-order valence-corrected chi connectivity index (χ3v) is 8.02. The van der Waals surface area contributed by atoms with Crippen molar-refractivity contribution >= 4 is 46.2 Å². The fraction of sp³-hybridized carbons (Fsp3) is 0.269. The highest BCUT2D eigenvalue weighted by molar-refractivity contribution is 7.12.